The van der Waals surface area contributed by atoms with Gasteiger partial charge in [0.15, 0.2) is 15.8 Å². The van der Waals surface area contributed by atoms with Crippen LogP contribution in [-0.4, -0.2) is 36.3 Å². The number of nitrogens with zero attached hydrogens (tertiary/aromatic N) is 2. The van der Waals surface area contributed by atoms with Gasteiger partial charge in [0.25, 0.3) is 0 Å². The number of para-hydroxylation sites is 1. The molecular weight excluding hydrogens is 470 g/mol. The summed E-state index contributed by atoms with van der Waals surface area (Å²) in [6, 6.07) is 5.99. The molecule has 0 atom stereocenters. The van der Waals surface area contributed by atoms with Gasteiger partial charge in [0.2, 0.25) is 22.2 Å². The first-order valence-electron chi connectivity index (χ1n) is 9.80. The minimum Gasteiger partial charge on any atom is -0.493 e. The molecule has 0 spiro atoms. The predicted octanol–water partition coefficient (Wildman–Crippen LogP) is 3.37. The molecule has 12 heteroatoms. The zero-order chi connectivity index (χ0) is 23.4. The summed E-state index contributed by atoms with van der Waals surface area (Å²) in [5, 5.41) is 11.1. The standard InChI is InChI=1S/C21H19N3O7S2/c1-28-15-5-3-4-13(17(15)29-2)19(27)31-16-9-30-12(8-14(16)25)10-32-21-24-23-20(33-21)22-18(26)11-6-7-11/h3-5,8-9,11H,6-7,10H2,1-2H3,(H,22,23,26). The Morgan fingerprint density at radius 1 is 1.21 bits per heavy atom. The van der Waals surface area contributed by atoms with Crippen LogP contribution in [0.25, 0.3) is 0 Å². The van der Waals surface area contributed by atoms with Crippen molar-refractivity contribution in [3.63, 3.8) is 0 Å². The van der Waals surface area contributed by atoms with E-state index in [-0.39, 0.29) is 28.9 Å². The first-order valence-corrected chi connectivity index (χ1v) is 11.6. The molecule has 1 fully saturated rings. The molecule has 2 aromatic heterocycles. The number of carbonyl (C=O) groups is 2. The van der Waals surface area contributed by atoms with Crippen LogP contribution in [0.2, 0.25) is 0 Å². The molecule has 1 aliphatic rings. The Bertz CT molecular complexity index is 1240. The van der Waals surface area contributed by atoms with Crippen LogP contribution in [0.3, 0.4) is 0 Å². The lowest BCUT2D eigenvalue weighted by Gasteiger charge is -2.11. The number of thioether (sulfide) groups is 1. The highest BCUT2D eigenvalue weighted by atomic mass is 32.2. The van der Waals surface area contributed by atoms with Gasteiger partial charge in [-0.25, -0.2) is 4.79 Å². The highest BCUT2D eigenvalue weighted by molar-refractivity contribution is 8.00. The highest BCUT2D eigenvalue weighted by Gasteiger charge is 2.30. The molecule has 0 radical (unpaired) electrons. The maximum atomic E-state index is 12.5. The summed E-state index contributed by atoms with van der Waals surface area (Å²) < 4.78 is 21.7. The summed E-state index contributed by atoms with van der Waals surface area (Å²) in [5.41, 5.74) is -0.404. The third kappa shape index (κ3) is 5.52. The Balaban J connectivity index is 1.37. The molecule has 33 heavy (non-hydrogen) atoms. The van der Waals surface area contributed by atoms with Gasteiger partial charge >= 0.3 is 5.97 Å². The molecule has 1 aliphatic carbocycles. The fourth-order valence-electron chi connectivity index (χ4n) is 2.80. The summed E-state index contributed by atoms with van der Waals surface area (Å²) in [6.45, 7) is 0. The number of benzene rings is 1. The van der Waals surface area contributed by atoms with Crippen LogP contribution in [0.15, 0.2) is 44.1 Å². The number of hydrogen-bond acceptors (Lipinski definition) is 11. The van der Waals surface area contributed by atoms with Crippen molar-refractivity contribution in [2.24, 2.45) is 5.92 Å². The summed E-state index contributed by atoms with van der Waals surface area (Å²) >= 11 is 2.55. The van der Waals surface area contributed by atoms with E-state index in [0.717, 1.165) is 19.1 Å². The molecule has 4 rings (SSSR count). The topological polar surface area (TPSA) is 130 Å². The fraction of sp³-hybridized carbons (Fsp3) is 0.286. The molecule has 0 unspecified atom stereocenters. The van der Waals surface area contributed by atoms with Gasteiger partial charge in [0.1, 0.15) is 17.6 Å². The molecule has 2 heterocycles. The number of ether oxygens (including phenoxy) is 3. The third-order valence-corrected chi connectivity index (χ3v) is 6.59. The number of esters is 1. The van der Waals surface area contributed by atoms with E-state index >= 15 is 0 Å². The van der Waals surface area contributed by atoms with Crippen LogP contribution in [0.1, 0.15) is 29.0 Å². The number of nitrogens with one attached hydrogen (secondary N) is 1. The normalized spacial score (nSPS) is 12.8. The zero-order valence-electron chi connectivity index (χ0n) is 17.7. The minimum absolute atomic E-state index is 0.0367. The molecular formula is C21H19N3O7S2. The monoisotopic (exact) mass is 489 g/mol. The van der Waals surface area contributed by atoms with Crippen LogP contribution in [0.5, 0.6) is 17.2 Å². The minimum atomic E-state index is -0.783. The van der Waals surface area contributed by atoms with Gasteiger partial charge in [-0.3, -0.25) is 9.59 Å². The zero-order valence-corrected chi connectivity index (χ0v) is 19.3. The second kappa shape index (κ2) is 10.0. The second-order valence-corrected chi connectivity index (χ2v) is 9.13. The van der Waals surface area contributed by atoms with Crippen LogP contribution < -0.4 is 25.0 Å². The summed E-state index contributed by atoms with van der Waals surface area (Å²) in [5.74, 6) is 0.239. The summed E-state index contributed by atoms with van der Waals surface area (Å²) in [7, 11) is 2.85. The third-order valence-electron chi connectivity index (χ3n) is 4.60. The molecule has 0 aliphatic heterocycles. The molecule has 172 valence electrons. The van der Waals surface area contributed by atoms with Crippen molar-refractivity contribution in [1.29, 1.82) is 0 Å². The van der Waals surface area contributed by atoms with E-state index in [0.29, 0.717) is 26.7 Å². The largest absolute Gasteiger partial charge is 0.493 e. The van der Waals surface area contributed by atoms with Crippen molar-refractivity contribution in [3.8, 4) is 17.2 Å². The number of hydrogen-bond donors (Lipinski definition) is 1. The van der Waals surface area contributed by atoms with Crippen molar-refractivity contribution >= 4 is 40.1 Å². The van der Waals surface area contributed by atoms with Crippen LogP contribution in [-0.2, 0) is 10.5 Å². The Labute approximate surface area is 196 Å². The maximum absolute atomic E-state index is 12.5. The van der Waals surface area contributed by atoms with E-state index in [9.17, 15) is 14.4 Å². The van der Waals surface area contributed by atoms with E-state index in [2.05, 4.69) is 15.5 Å². The molecule has 1 N–H and O–H groups in total. The Morgan fingerprint density at radius 2 is 2.03 bits per heavy atom. The van der Waals surface area contributed by atoms with Gasteiger partial charge in [-0.2, -0.15) is 0 Å². The van der Waals surface area contributed by atoms with Crippen LogP contribution in [0.4, 0.5) is 5.13 Å². The van der Waals surface area contributed by atoms with Gasteiger partial charge < -0.3 is 23.9 Å². The molecule has 3 aromatic rings. The number of aromatic nitrogens is 2. The number of methoxy groups -OCH3 is 2. The predicted molar refractivity (Wildman–Crippen MR) is 120 cm³/mol. The highest BCUT2D eigenvalue weighted by Crippen LogP contribution is 2.33. The first kappa shape index (κ1) is 22.8. The lowest BCUT2D eigenvalue weighted by molar-refractivity contribution is -0.117. The van der Waals surface area contributed by atoms with Crippen LogP contribution in [0, 0.1) is 5.92 Å². The Kier molecular flexibility index (Phi) is 6.94. The maximum Gasteiger partial charge on any atom is 0.347 e. The van der Waals surface area contributed by atoms with E-state index < -0.39 is 11.4 Å². The fourth-order valence-corrected chi connectivity index (χ4v) is 4.44. The molecule has 1 amide bonds. The smallest absolute Gasteiger partial charge is 0.347 e. The van der Waals surface area contributed by atoms with E-state index in [1.165, 1.54) is 49.5 Å². The lowest BCUT2D eigenvalue weighted by Crippen LogP contribution is -2.15. The molecule has 1 aromatic carbocycles. The van der Waals surface area contributed by atoms with Gasteiger partial charge in [-0.15, -0.1) is 10.2 Å². The van der Waals surface area contributed by atoms with Crippen molar-refractivity contribution in [2.45, 2.75) is 22.9 Å². The van der Waals surface area contributed by atoms with Gasteiger partial charge in [-0.1, -0.05) is 29.2 Å². The van der Waals surface area contributed by atoms with Gasteiger partial charge in [0, 0.05) is 12.0 Å². The molecule has 0 saturated heterocycles. The molecule has 0 bridgehead atoms. The Morgan fingerprint density at radius 3 is 2.73 bits per heavy atom. The number of rotatable bonds is 9. The Hall–Kier alpha value is -3.38. The second-order valence-electron chi connectivity index (χ2n) is 6.93. The number of anilines is 1. The summed E-state index contributed by atoms with van der Waals surface area (Å²) in [6.07, 6.45) is 2.90. The number of amides is 1. The van der Waals surface area contributed by atoms with Gasteiger partial charge in [0.05, 0.1) is 20.0 Å². The van der Waals surface area contributed by atoms with Gasteiger partial charge in [-0.05, 0) is 25.0 Å². The quantitative estimate of drug-likeness (QED) is 0.271. The van der Waals surface area contributed by atoms with E-state index in [1.807, 2.05) is 0 Å². The van der Waals surface area contributed by atoms with E-state index in [1.54, 1.807) is 12.1 Å². The number of carbonyl (C=O) groups excluding carboxylic acids is 2. The van der Waals surface area contributed by atoms with Crippen molar-refractivity contribution in [3.05, 3.63) is 52.1 Å². The average molecular weight is 490 g/mol. The molecule has 10 nitrogen and oxygen atoms in total. The van der Waals surface area contributed by atoms with Crippen molar-refractivity contribution < 1.29 is 28.2 Å². The van der Waals surface area contributed by atoms with Crippen molar-refractivity contribution in [1.82, 2.24) is 10.2 Å². The SMILES string of the molecule is COc1cccc(C(=O)Oc2coc(CSc3nnc(NC(=O)C4CC4)s3)cc2=O)c1OC. The first-order chi connectivity index (χ1) is 16.0. The van der Waals surface area contributed by atoms with E-state index in [4.69, 9.17) is 18.6 Å². The molecule has 1 saturated carbocycles. The van der Waals surface area contributed by atoms with Crippen molar-refractivity contribution in [2.75, 3.05) is 19.5 Å². The average Bonchev–Trinajstić information content (AvgIpc) is 3.59. The summed E-state index contributed by atoms with van der Waals surface area (Å²) in [4.78, 5) is 36.8. The lowest BCUT2D eigenvalue weighted by atomic mass is 10.2. The van der Waals surface area contributed by atoms with Crippen LogP contribution >= 0.6 is 23.1 Å².